The van der Waals surface area contributed by atoms with E-state index >= 15 is 0 Å². The number of carbonyl (C=O) groups is 1. The number of pyridine rings is 2. The molecule has 0 radical (unpaired) electrons. The zero-order valence-corrected chi connectivity index (χ0v) is 12.4. The first-order valence-electron chi connectivity index (χ1n) is 7.14. The summed E-state index contributed by atoms with van der Waals surface area (Å²) in [5, 5.41) is 3.13. The zero-order chi connectivity index (χ0) is 15.1. The van der Waals surface area contributed by atoms with Gasteiger partial charge in [-0.15, -0.1) is 0 Å². The molecule has 0 aliphatic heterocycles. The third-order valence-corrected chi connectivity index (χ3v) is 3.13. The van der Waals surface area contributed by atoms with Crippen LogP contribution in [0.4, 0.5) is 5.82 Å². The fourth-order valence-electron chi connectivity index (χ4n) is 2.07. The summed E-state index contributed by atoms with van der Waals surface area (Å²) >= 11 is 0. The molecule has 0 aliphatic rings. The maximum Gasteiger partial charge on any atom is 0.257 e. The van der Waals surface area contributed by atoms with Crippen LogP contribution in [-0.2, 0) is 6.54 Å². The van der Waals surface area contributed by atoms with Crippen molar-refractivity contribution >= 4 is 11.7 Å². The summed E-state index contributed by atoms with van der Waals surface area (Å²) in [5.41, 5.74) is 1.47. The number of hydrogen-bond donors (Lipinski definition) is 1. The number of anilines is 1. The minimum absolute atomic E-state index is 0.0350. The molecule has 0 spiro atoms. The monoisotopic (exact) mass is 284 g/mol. The molecule has 5 heteroatoms. The van der Waals surface area contributed by atoms with Gasteiger partial charge in [0, 0.05) is 25.5 Å². The molecule has 0 saturated carbocycles. The molecule has 21 heavy (non-hydrogen) atoms. The number of carbonyl (C=O) groups excluding carboxylic acids is 1. The van der Waals surface area contributed by atoms with Gasteiger partial charge >= 0.3 is 0 Å². The topological polar surface area (TPSA) is 58.1 Å². The van der Waals surface area contributed by atoms with E-state index < -0.39 is 0 Å². The first-order chi connectivity index (χ1) is 10.3. The summed E-state index contributed by atoms with van der Waals surface area (Å²) in [7, 11) is 0. The number of rotatable bonds is 6. The van der Waals surface area contributed by atoms with Crippen molar-refractivity contribution in [2.75, 3.05) is 18.4 Å². The highest BCUT2D eigenvalue weighted by Crippen LogP contribution is 2.15. The Kier molecular flexibility index (Phi) is 5.26. The quantitative estimate of drug-likeness (QED) is 0.885. The fourth-order valence-corrected chi connectivity index (χ4v) is 2.07. The maximum atomic E-state index is 12.7. The number of hydrogen-bond acceptors (Lipinski definition) is 4. The van der Waals surface area contributed by atoms with E-state index in [-0.39, 0.29) is 5.91 Å². The van der Waals surface area contributed by atoms with Crippen LogP contribution >= 0.6 is 0 Å². The molecular formula is C16H20N4O. The van der Waals surface area contributed by atoms with Crippen LogP contribution in [0.2, 0.25) is 0 Å². The van der Waals surface area contributed by atoms with Gasteiger partial charge < -0.3 is 10.2 Å². The van der Waals surface area contributed by atoms with E-state index in [0.717, 1.165) is 12.2 Å². The molecule has 0 unspecified atom stereocenters. The number of nitrogens with zero attached hydrogens (tertiary/aromatic N) is 3. The SMILES string of the molecule is CCNc1ncccc1C(=O)N(CC)Cc1ccccn1. The summed E-state index contributed by atoms with van der Waals surface area (Å²) in [5.74, 6) is 0.594. The lowest BCUT2D eigenvalue weighted by Crippen LogP contribution is -2.31. The smallest absolute Gasteiger partial charge is 0.257 e. The molecule has 0 aliphatic carbocycles. The lowest BCUT2D eigenvalue weighted by molar-refractivity contribution is 0.0751. The Bertz CT molecular complexity index is 586. The third kappa shape index (κ3) is 3.78. The van der Waals surface area contributed by atoms with Crippen molar-refractivity contribution in [2.24, 2.45) is 0 Å². The number of nitrogens with one attached hydrogen (secondary N) is 1. The van der Waals surface area contributed by atoms with E-state index in [9.17, 15) is 4.79 Å². The molecule has 1 amide bonds. The molecular weight excluding hydrogens is 264 g/mol. The van der Waals surface area contributed by atoms with Crippen LogP contribution in [0.1, 0.15) is 29.9 Å². The van der Waals surface area contributed by atoms with Gasteiger partial charge in [0.05, 0.1) is 17.8 Å². The predicted octanol–water partition coefficient (Wildman–Crippen LogP) is 2.57. The van der Waals surface area contributed by atoms with Gasteiger partial charge in [-0.3, -0.25) is 9.78 Å². The van der Waals surface area contributed by atoms with Crippen molar-refractivity contribution in [3.63, 3.8) is 0 Å². The van der Waals surface area contributed by atoms with Crippen molar-refractivity contribution in [3.05, 3.63) is 54.0 Å². The lowest BCUT2D eigenvalue weighted by atomic mass is 10.2. The Morgan fingerprint density at radius 3 is 2.62 bits per heavy atom. The fraction of sp³-hybridized carbons (Fsp3) is 0.312. The van der Waals surface area contributed by atoms with Crippen LogP contribution in [-0.4, -0.2) is 33.9 Å². The van der Waals surface area contributed by atoms with Gasteiger partial charge in [-0.25, -0.2) is 4.98 Å². The van der Waals surface area contributed by atoms with E-state index in [1.165, 1.54) is 0 Å². The highest BCUT2D eigenvalue weighted by atomic mass is 16.2. The highest BCUT2D eigenvalue weighted by molar-refractivity contribution is 5.98. The lowest BCUT2D eigenvalue weighted by Gasteiger charge is -2.21. The molecule has 5 nitrogen and oxygen atoms in total. The largest absolute Gasteiger partial charge is 0.370 e. The Balaban J connectivity index is 2.20. The normalized spacial score (nSPS) is 10.2. The average molecular weight is 284 g/mol. The maximum absolute atomic E-state index is 12.7. The van der Waals surface area contributed by atoms with Gasteiger partial charge in [-0.2, -0.15) is 0 Å². The van der Waals surface area contributed by atoms with Gasteiger partial charge in [0.25, 0.3) is 5.91 Å². The minimum atomic E-state index is -0.0350. The summed E-state index contributed by atoms with van der Waals surface area (Å²) in [6.45, 7) is 5.79. The van der Waals surface area contributed by atoms with Gasteiger partial charge in [0.1, 0.15) is 5.82 Å². The Hall–Kier alpha value is -2.43. The van der Waals surface area contributed by atoms with Crippen molar-refractivity contribution < 1.29 is 4.79 Å². The first-order valence-corrected chi connectivity index (χ1v) is 7.14. The molecule has 110 valence electrons. The summed E-state index contributed by atoms with van der Waals surface area (Å²) in [6, 6.07) is 9.29. The average Bonchev–Trinajstić information content (AvgIpc) is 2.54. The molecule has 1 N–H and O–H groups in total. The minimum Gasteiger partial charge on any atom is -0.370 e. The van der Waals surface area contributed by atoms with Gasteiger partial charge in [-0.05, 0) is 38.1 Å². The Morgan fingerprint density at radius 2 is 1.95 bits per heavy atom. The second kappa shape index (κ2) is 7.38. The molecule has 2 aromatic rings. The van der Waals surface area contributed by atoms with E-state index in [0.29, 0.717) is 24.5 Å². The van der Waals surface area contributed by atoms with Crippen molar-refractivity contribution in [3.8, 4) is 0 Å². The van der Waals surface area contributed by atoms with Gasteiger partial charge in [-0.1, -0.05) is 6.07 Å². The first kappa shape index (κ1) is 15.0. The number of aromatic nitrogens is 2. The van der Waals surface area contributed by atoms with Gasteiger partial charge in [0.2, 0.25) is 0 Å². The molecule has 0 aromatic carbocycles. The molecule has 0 bridgehead atoms. The van der Waals surface area contributed by atoms with Crippen molar-refractivity contribution in [1.82, 2.24) is 14.9 Å². The summed E-state index contributed by atoms with van der Waals surface area (Å²) in [6.07, 6.45) is 3.42. The van der Waals surface area contributed by atoms with Crippen LogP contribution in [0, 0.1) is 0 Å². The van der Waals surface area contributed by atoms with E-state index in [4.69, 9.17) is 0 Å². The van der Waals surface area contributed by atoms with Crippen LogP contribution in [0.5, 0.6) is 0 Å². The van der Waals surface area contributed by atoms with E-state index in [1.807, 2.05) is 32.0 Å². The Morgan fingerprint density at radius 1 is 1.14 bits per heavy atom. The summed E-state index contributed by atoms with van der Waals surface area (Å²) in [4.78, 5) is 23.0. The van der Waals surface area contributed by atoms with E-state index in [2.05, 4.69) is 15.3 Å². The van der Waals surface area contributed by atoms with Crippen LogP contribution in [0.25, 0.3) is 0 Å². The van der Waals surface area contributed by atoms with Gasteiger partial charge in [0.15, 0.2) is 0 Å². The second-order valence-corrected chi connectivity index (χ2v) is 4.57. The van der Waals surface area contributed by atoms with Crippen LogP contribution < -0.4 is 5.32 Å². The van der Waals surface area contributed by atoms with Crippen molar-refractivity contribution in [1.29, 1.82) is 0 Å². The molecule has 0 atom stereocenters. The second-order valence-electron chi connectivity index (χ2n) is 4.57. The molecule has 0 saturated heterocycles. The molecule has 2 heterocycles. The predicted molar refractivity (Wildman–Crippen MR) is 83.1 cm³/mol. The zero-order valence-electron chi connectivity index (χ0n) is 12.4. The highest BCUT2D eigenvalue weighted by Gasteiger charge is 2.18. The molecule has 2 aromatic heterocycles. The van der Waals surface area contributed by atoms with E-state index in [1.54, 1.807) is 29.4 Å². The number of amides is 1. The Labute approximate surface area is 125 Å². The van der Waals surface area contributed by atoms with Crippen LogP contribution in [0.3, 0.4) is 0 Å². The third-order valence-electron chi connectivity index (χ3n) is 3.13. The standard InChI is InChI=1S/C16H20N4O/c1-3-17-15-14(9-7-11-19-15)16(21)20(4-2)12-13-8-5-6-10-18-13/h5-11H,3-4,12H2,1-2H3,(H,17,19). The molecule has 0 fully saturated rings. The van der Waals surface area contributed by atoms with Crippen molar-refractivity contribution in [2.45, 2.75) is 20.4 Å². The summed E-state index contributed by atoms with van der Waals surface area (Å²) < 4.78 is 0. The van der Waals surface area contributed by atoms with Crippen LogP contribution in [0.15, 0.2) is 42.7 Å². The molecule has 2 rings (SSSR count).